The molecule has 2 aromatic heterocycles. The molecule has 11 rings (SSSR count). The van der Waals surface area contributed by atoms with Crippen LogP contribution in [0.1, 0.15) is 0 Å². The van der Waals surface area contributed by atoms with E-state index in [4.69, 9.17) is 4.42 Å². The van der Waals surface area contributed by atoms with Crippen molar-refractivity contribution in [3.05, 3.63) is 194 Å². The minimum absolute atomic E-state index is 0.866. The highest BCUT2D eigenvalue weighted by Gasteiger charge is 2.21. The van der Waals surface area contributed by atoms with Crippen LogP contribution in [0.5, 0.6) is 0 Å². The number of hydrogen-bond acceptors (Lipinski definition) is 2. The molecule has 0 saturated heterocycles. The van der Waals surface area contributed by atoms with Crippen molar-refractivity contribution in [2.24, 2.45) is 0 Å². The summed E-state index contributed by atoms with van der Waals surface area (Å²) in [6, 6.07) is 69.7. The number of nitrogens with zero attached hydrogens (tertiary/aromatic N) is 2. The van der Waals surface area contributed by atoms with Crippen molar-refractivity contribution in [1.82, 2.24) is 4.57 Å². The Hall–Kier alpha value is -7.10. The third-order valence-corrected chi connectivity index (χ3v) is 10.7. The molecular formula is C50H32N2O. The first-order valence-electron chi connectivity index (χ1n) is 18.1. The summed E-state index contributed by atoms with van der Waals surface area (Å²) in [6.45, 7) is 0. The maximum absolute atomic E-state index is 6.65. The molecule has 0 fully saturated rings. The summed E-state index contributed by atoms with van der Waals surface area (Å²) in [5, 5.41) is 9.58. The molecule has 53 heavy (non-hydrogen) atoms. The summed E-state index contributed by atoms with van der Waals surface area (Å²) in [4.78, 5) is 2.34. The molecule has 0 amide bonds. The molecule has 2 heterocycles. The van der Waals surface area contributed by atoms with E-state index < -0.39 is 0 Å². The van der Waals surface area contributed by atoms with Crippen LogP contribution < -0.4 is 4.90 Å². The van der Waals surface area contributed by atoms with E-state index in [1.807, 2.05) is 6.07 Å². The van der Waals surface area contributed by atoms with Gasteiger partial charge < -0.3 is 13.9 Å². The number of anilines is 3. The Morgan fingerprint density at radius 1 is 0.396 bits per heavy atom. The molecule has 0 bridgehead atoms. The third-order valence-electron chi connectivity index (χ3n) is 10.7. The Bertz CT molecular complexity index is 3170. The van der Waals surface area contributed by atoms with Crippen LogP contribution in [-0.4, -0.2) is 4.57 Å². The Morgan fingerprint density at radius 2 is 1.09 bits per heavy atom. The monoisotopic (exact) mass is 676 g/mol. The standard InChI is InChI=1S/C50H32N2O/c1-2-11-33(12-3-1)36-22-21-34-23-25-40(32-37(34)31-36)51(47-19-10-17-45-43-16-7-9-20-48(43)53-50(45)47)38-26-28-39(29-27-38)52-46-18-8-6-15-42(46)44-30-24-35-13-4-5-14-41(35)49(44)52/h1-32H. The summed E-state index contributed by atoms with van der Waals surface area (Å²) in [7, 11) is 0. The van der Waals surface area contributed by atoms with Gasteiger partial charge in [-0.1, -0.05) is 133 Å². The topological polar surface area (TPSA) is 21.3 Å². The van der Waals surface area contributed by atoms with E-state index in [-0.39, 0.29) is 0 Å². The SMILES string of the molecule is c1ccc(-c2ccc3ccc(N(c4ccc(-n5c6ccccc6c6ccc7ccccc7c65)cc4)c4cccc5c4oc4ccccc45)cc3c2)cc1. The second kappa shape index (κ2) is 11.7. The predicted octanol–water partition coefficient (Wildman–Crippen LogP) is 14.1. The van der Waals surface area contributed by atoms with Crippen molar-refractivity contribution in [3.8, 4) is 16.8 Å². The van der Waals surface area contributed by atoms with Gasteiger partial charge in [0.2, 0.25) is 0 Å². The Balaban J connectivity index is 1.12. The number of benzene rings is 9. The maximum atomic E-state index is 6.65. The van der Waals surface area contributed by atoms with Crippen LogP contribution in [0.2, 0.25) is 0 Å². The van der Waals surface area contributed by atoms with Crippen molar-refractivity contribution >= 4 is 82.4 Å². The van der Waals surface area contributed by atoms with E-state index >= 15 is 0 Å². The van der Waals surface area contributed by atoms with E-state index in [0.29, 0.717) is 0 Å². The van der Waals surface area contributed by atoms with Crippen LogP contribution in [-0.2, 0) is 0 Å². The predicted molar refractivity (Wildman–Crippen MR) is 223 cm³/mol. The minimum Gasteiger partial charge on any atom is -0.454 e. The number of furan rings is 1. The van der Waals surface area contributed by atoms with Crippen LogP contribution >= 0.6 is 0 Å². The third kappa shape index (κ3) is 4.68. The molecule has 0 aliphatic rings. The lowest BCUT2D eigenvalue weighted by Crippen LogP contribution is -2.10. The van der Waals surface area contributed by atoms with Crippen LogP contribution in [0, 0.1) is 0 Å². The van der Waals surface area contributed by atoms with Gasteiger partial charge >= 0.3 is 0 Å². The molecule has 0 spiro atoms. The van der Waals surface area contributed by atoms with Crippen molar-refractivity contribution in [2.45, 2.75) is 0 Å². The van der Waals surface area contributed by atoms with Crippen LogP contribution in [0.4, 0.5) is 17.1 Å². The Kier molecular flexibility index (Phi) is 6.55. The van der Waals surface area contributed by atoms with Gasteiger partial charge in [-0.3, -0.25) is 0 Å². The van der Waals surface area contributed by atoms with E-state index in [0.717, 1.165) is 44.7 Å². The summed E-state index contributed by atoms with van der Waals surface area (Å²) in [6.07, 6.45) is 0. The fraction of sp³-hybridized carbons (Fsp3) is 0. The first-order valence-corrected chi connectivity index (χ1v) is 18.1. The highest BCUT2D eigenvalue weighted by Crippen LogP contribution is 2.44. The van der Waals surface area contributed by atoms with Gasteiger partial charge in [-0.05, 0) is 87.9 Å². The lowest BCUT2D eigenvalue weighted by Gasteiger charge is -2.26. The van der Waals surface area contributed by atoms with E-state index in [9.17, 15) is 0 Å². The van der Waals surface area contributed by atoms with Crippen molar-refractivity contribution in [2.75, 3.05) is 4.90 Å². The zero-order chi connectivity index (χ0) is 34.9. The fourth-order valence-electron chi connectivity index (χ4n) is 8.27. The van der Waals surface area contributed by atoms with Crippen LogP contribution in [0.25, 0.3) is 82.1 Å². The lowest BCUT2D eigenvalue weighted by molar-refractivity contribution is 0.669. The molecule has 0 atom stereocenters. The van der Waals surface area contributed by atoms with E-state index in [2.05, 4.69) is 198 Å². The smallest absolute Gasteiger partial charge is 0.159 e. The van der Waals surface area contributed by atoms with Gasteiger partial charge in [-0.25, -0.2) is 0 Å². The van der Waals surface area contributed by atoms with Gasteiger partial charge in [-0.15, -0.1) is 0 Å². The number of fused-ring (bicyclic) bond motifs is 9. The highest BCUT2D eigenvalue weighted by molar-refractivity contribution is 6.18. The van der Waals surface area contributed by atoms with Crippen molar-refractivity contribution in [1.29, 1.82) is 0 Å². The summed E-state index contributed by atoms with van der Waals surface area (Å²) < 4.78 is 9.06. The number of hydrogen-bond donors (Lipinski definition) is 0. The molecule has 0 aliphatic carbocycles. The number of rotatable bonds is 5. The molecule has 3 heteroatoms. The minimum atomic E-state index is 0.866. The fourth-order valence-corrected chi connectivity index (χ4v) is 8.27. The molecule has 0 N–H and O–H groups in total. The van der Waals surface area contributed by atoms with E-state index in [1.54, 1.807) is 0 Å². The van der Waals surface area contributed by atoms with Crippen molar-refractivity contribution < 1.29 is 4.42 Å². The maximum Gasteiger partial charge on any atom is 0.159 e. The number of para-hydroxylation sites is 3. The molecule has 248 valence electrons. The van der Waals surface area contributed by atoms with Gasteiger partial charge in [-0.2, -0.15) is 0 Å². The second-order valence-electron chi connectivity index (χ2n) is 13.8. The Morgan fingerprint density at radius 3 is 1.98 bits per heavy atom. The summed E-state index contributed by atoms with van der Waals surface area (Å²) in [5.74, 6) is 0. The Labute approximate surface area is 306 Å². The molecule has 11 aromatic rings. The molecule has 9 aromatic carbocycles. The van der Waals surface area contributed by atoms with E-state index in [1.165, 1.54) is 54.5 Å². The molecular weight excluding hydrogens is 645 g/mol. The van der Waals surface area contributed by atoms with Gasteiger partial charge in [0.1, 0.15) is 5.58 Å². The normalized spacial score (nSPS) is 11.8. The summed E-state index contributed by atoms with van der Waals surface area (Å²) >= 11 is 0. The zero-order valence-electron chi connectivity index (χ0n) is 28.8. The zero-order valence-corrected chi connectivity index (χ0v) is 28.8. The average Bonchev–Trinajstić information content (AvgIpc) is 3.78. The second-order valence-corrected chi connectivity index (χ2v) is 13.8. The lowest BCUT2D eigenvalue weighted by atomic mass is 10.0. The molecule has 0 unspecified atom stereocenters. The molecule has 0 saturated carbocycles. The number of aromatic nitrogens is 1. The van der Waals surface area contributed by atoms with Crippen LogP contribution in [0.15, 0.2) is 199 Å². The largest absolute Gasteiger partial charge is 0.454 e. The summed E-state index contributed by atoms with van der Waals surface area (Å²) in [5.41, 5.74) is 10.8. The van der Waals surface area contributed by atoms with Gasteiger partial charge in [0.25, 0.3) is 0 Å². The van der Waals surface area contributed by atoms with Crippen LogP contribution in [0.3, 0.4) is 0 Å². The first-order chi connectivity index (χ1) is 26.3. The molecule has 3 nitrogen and oxygen atoms in total. The van der Waals surface area contributed by atoms with Gasteiger partial charge in [0.05, 0.1) is 16.7 Å². The molecule has 0 aliphatic heterocycles. The van der Waals surface area contributed by atoms with Gasteiger partial charge in [0.15, 0.2) is 5.58 Å². The highest BCUT2D eigenvalue weighted by atomic mass is 16.3. The quantitative estimate of drug-likeness (QED) is 0.181. The first kappa shape index (κ1) is 29.6. The molecule has 0 radical (unpaired) electrons. The van der Waals surface area contributed by atoms with Crippen molar-refractivity contribution in [3.63, 3.8) is 0 Å². The average molecular weight is 677 g/mol. The van der Waals surface area contributed by atoms with Gasteiger partial charge in [0, 0.05) is 44.0 Å².